The second kappa shape index (κ2) is 8.63. The van der Waals surface area contributed by atoms with Crippen molar-refractivity contribution in [3.8, 4) is 0 Å². The number of carbonyl (C=O) groups is 1. The van der Waals surface area contributed by atoms with Gasteiger partial charge in [0.05, 0.1) is 22.1 Å². The highest BCUT2D eigenvalue weighted by atomic mass is 32.2. The van der Waals surface area contributed by atoms with Crippen LogP contribution in [0.5, 0.6) is 0 Å². The van der Waals surface area contributed by atoms with Crippen molar-refractivity contribution < 1.29 is 26.4 Å². The molecule has 1 aromatic carbocycles. The Morgan fingerprint density at radius 3 is 2.73 bits per heavy atom. The van der Waals surface area contributed by atoms with Gasteiger partial charge in [-0.3, -0.25) is 4.79 Å². The first kappa shape index (κ1) is 22.1. The van der Waals surface area contributed by atoms with Crippen molar-refractivity contribution in [2.75, 3.05) is 29.1 Å². The van der Waals surface area contributed by atoms with Crippen LogP contribution in [0.4, 0.5) is 24.7 Å². The third-order valence-electron chi connectivity index (χ3n) is 5.02. The topological polar surface area (TPSA) is 79.4 Å². The van der Waals surface area contributed by atoms with Crippen LogP contribution in [-0.4, -0.2) is 38.2 Å². The number of hydrogen-bond donors (Lipinski definition) is 1. The van der Waals surface area contributed by atoms with Gasteiger partial charge in [0.1, 0.15) is 5.82 Å². The fraction of sp³-hybridized carbons (Fsp3) is 0.400. The van der Waals surface area contributed by atoms with Gasteiger partial charge in [0.2, 0.25) is 5.91 Å². The predicted octanol–water partition coefficient (Wildman–Crippen LogP) is 3.75. The van der Waals surface area contributed by atoms with E-state index in [2.05, 4.69) is 10.3 Å². The number of sulfone groups is 1. The van der Waals surface area contributed by atoms with Crippen LogP contribution in [0.25, 0.3) is 0 Å². The van der Waals surface area contributed by atoms with E-state index < -0.39 is 27.5 Å². The molecule has 162 valence electrons. The van der Waals surface area contributed by atoms with E-state index in [0.29, 0.717) is 25.1 Å². The fourth-order valence-corrected chi connectivity index (χ4v) is 4.36. The molecule has 1 aromatic heterocycles. The molecule has 2 heterocycles. The normalized spacial score (nSPS) is 17.6. The number of pyridine rings is 1. The Morgan fingerprint density at radius 1 is 1.27 bits per heavy atom. The maximum Gasteiger partial charge on any atom is 0.419 e. The average Bonchev–Trinajstić information content (AvgIpc) is 2.73. The van der Waals surface area contributed by atoms with E-state index in [1.165, 1.54) is 42.3 Å². The molecule has 1 unspecified atom stereocenters. The molecule has 1 aliphatic heterocycles. The first-order chi connectivity index (χ1) is 14.1. The van der Waals surface area contributed by atoms with Crippen molar-refractivity contribution in [2.24, 2.45) is 5.92 Å². The number of rotatable bonds is 5. The smallest absolute Gasteiger partial charge is 0.355 e. The largest absolute Gasteiger partial charge is 0.419 e. The maximum absolute atomic E-state index is 13.3. The monoisotopic (exact) mass is 441 g/mol. The molecule has 0 aliphatic carbocycles. The van der Waals surface area contributed by atoms with Gasteiger partial charge in [-0.15, -0.1) is 0 Å². The number of aromatic nitrogens is 1. The van der Waals surface area contributed by atoms with Crippen molar-refractivity contribution in [3.63, 3.8) is 0 Å². The third kappa shape index (κ3) is 4.92. The zero-order chi connectivity index (χ0) is 21.9. The average molecular weight is 441 g/mol. The van der Waals surface area contributed by atoms with Crippen molar-refractivity contribution in [3.05, 3.63) is 48.2 Å². The summed E-state index contributed by atoms with van der Waals surface area (Å²) in [5, 5.41) is 2.69. The molecule has 6 nitrogen and oxygen atoms in total. The van der Waals surface area contributed by atoms with Crippen molar-refractivity contribution >= 4 is 27.2 Å². The molecule has 0 saturated carbocycles. The molecule has 0 bridgehead atoms. The van der Waals surface area contributed by atoms with Crippen molar-refractivity contribution in [2.45, 2.75) is 30.8 Å². The van der Waals surface area contributed by atoms with Crippen LogP contribution in [-0.2, 0) is 20.8 Å². The molecule has 1 fully saturated rings. The molecule has 1 amide bonds. The number of nitrogens with one attached hydrogen (secondary N) is 1. The lowest BCUT2D eigenvalue weighted by Gasteiger charge is -2.34. The summed E-state index contributed by atoms with van der Waals surface area (Å²) in [7, 11) is -3.42. The van der Waals surface area contributed by atoms with Gasteiger partial charge in [0, 0.05) is 25.0 Å². The zero-order valence-electron chi connectivity index (χ0n) is 16.3. The van der Waals surface area contributed by atoms with E-state index in [4.69, 9.17) is 0 Å². The lowest BCUT2D eigenvalue weighted by Crippen LogP contribution is -2.42. The van der Waals surface area contributed by atoms with Crippen molar-refractivity contribution in [1.29, 1.82) is 0 Å². The Kier molecular flexibility index (Phi) is 6.35. The highest BCUT2D eigenvalue weighted by molar-refractivity contribution is 7.91. The number of halogens is 3. The van der Waals surface area contributed by atoms with Gasteiger partial charge in [0.15, 0.2) is 9.84 Å². The quantitative estimate of drug-likeness (QED) is 0.765. The number of amides is 1. The van der Waals surface area contributed by atoms with Gasteiger partial charge in [-0.05, 0) is 43.2 Å². The summed E-state index contributed by atoms with van der Waals surface area (Å²) in [4.78, 5) is 18.2. The minimum atomic E-state index is -4.54. The Balaban J connectivity index is 1.76. The molecule has 1 saturated heterocycles. The van der Waals surface area contributed by atoms with Crippen LogP contribution in [0.3, 0.4) is 0 Å². The summed E-state index contributed by atoms with van der Waals surface area (Å²) in [6, 6.07) is 8.17. The van der Waals surface area contributed by atoms with Crippen LogP contribution < -0.4 is 10.2 Å². The Bertz CT molecular complexity index is 1030. The molecule has 3 rings (SSSR count). The summed E-state index contributed by atoms with van der Waals surface area (Å²) in [6.45, 7) is 2.00. The molecule has 0 spiro atoms. The van der Waals surface area contributed by atoms with Gasteiger partial charge in [-0.2, -0.15) is 13.2 Å². The molecular weight excluding hydrogens is 419 g/mol. The fourth-order valence-electron chi connectivity index (χ4n) is 3.43. The molecule has 10 heteroatoms. The van der Waals surface area contributed by atoms with Crippen LogP contribution in [0.1, 0.15) is 25.3 Å². The summed E-state index contributed by atoms with van der Waals surface area (Å²) in [5.41, 5.74) is -0.496. The minimum absolute atomic E-state index is 0.0619. The molecule has 0 radical (unpaired) electrons. The van der Waals surface area contributed by atoms with Crippen LogP contribution in [0, 0.1) is 5.92 Å². The Hall–Kier alpha value is -2.62. The SMILES string of the molecule is CCS(=O)(=O)c1cccc(NC(=O)C2CCCN(c3ncccc3C(F)(F)F)C2)c1. The summed E-state index contributed by atoms with van der Waals surface area (Å²) < 4.78 is 64.0. The molecule has 1 aliphatic rings. The van der Waals surface area contributed by atoms with Gasteiger partial charge in [0.25, 0.3) is 0 Å². The first-order valence-electron chi connectivity index (χ1n) is 9.52. The highest BCUT2D eigenvalue weighted by Gasteiger charge is 2.37. The summed E-state index contributed by atoms with van der Waals surface area (Å²) >= 11 is 0. The number of hydrogen-bond acceptors (Lipinski definition) is 5. The highest BCUT2D eigenvalue weighted by Crippen LogP contribution is 2.36. The molecule has 1 atom stereocenters. The second-order valence-corrected chi connectivity index (χ2v) is 9.36. The van der Waals surface area contributed by atoms with Crippen molar-refractivity contribution in [1.82, 2.24) is 4.98 Å². The van der Waals surface area contributed by atoms with E-state index in [9.17, 15) is 26.4 Å². The van der Waals surface area contributed by atoms with E-state index in [0.717, 1.165) is 6.07 Å². The molecule has 1 N–H and O–H groups in total. The number of piperidine rings is 1. The Labute approximate surface area is 173 Å². The number of benzene rings is 1. The summed E-state index contributed by atoms with van der Waals surface area (Å²) in [6.07, 6.45) is -2.18. The van der Waals surface area contributed by atoms with Crippen LogP contribution in [0.15, 0.2) is 47.5 Å². The number of carbonyl (C=O) groups excluding carboxylic acids is 1. The van der Waals surface area contributed by atoms with Gasteiger partial charge < -0.3 is 10.2 Å². The Morgan fingerprint density at radius 2 is 2.03 bits per heavy atom. The minimum Gasteiger partial charge on any atom is -0.355 e. The van der Waals surface area contributed by atoms with Crippen LogP contribution >= 0.6 is 0 Å². The predicted molar refractivity (Wildman–Crippen MR) is 107 cm³/mol. The van der Waals surface area contributed by atoms with E-state index >= 15 is 0 Å². The van der Waals surface area contributed by atoms with Gasteiger partial charge in [-0.25, -0.2) is 13.4 Å². The van der Waals surface area contributed by atoms with E-state index in [1.807, 2.05) is 0 Å². The number of anilines is 2. The molecular formula is C20H22F3N3O3S. The third-order valence-corrected chi connectivity index (χ3v) is 6.76. The van der Waals surface area contributed by atoms with Crippen LogP contribution in [0.2, 0.25) is 0 Å². The lowest BCUT2D eigenvalue weighted by molar-refractivity contribution is -0.137. The van der Waals surface area contributed by atoms with E-state index in [-0.39, 0.29) is 28.9 Å². The second-order valence-electron chi connectivity index (χ2n) is 7.08. The number of alkyl halides is 3. The zero-order valence-corrected chi connectivity index (χ0v) is 17.1. The molecule has 2 aromatic rings. The van der Waals surface area contributed by atoms with Gasteiger partial charge >= 0.3 is 6.18 Å². The van der Waals surface area contributed by atoms with Gasteiger partial charge in [-0.1, -0.05) is 13.0 Å². The lowest BCUT2D eigenvalue weighted by atomic mass is 9.96. The summed E-state index contributed by atoms with van der Waals surface area (Å²) in [5.74, 6) is -1.16. The maximum atomic E-state index is 13.3. The standard InChI is InChI=1S/C20H22F3N3O3S/c1-2-30(28,29)16-8-3-7-15(12-16)25-19(27)14-6-5-11-26(13-14)18-17(20(21,22)23)9-4-10-24-18/h3-4,7-10,12,14H,2,5-6,11,13H2,1H3,(H,25,27). The van der Waals surface area contributed by atoms with E-state index in [1.54, 1.807) is 6.07 Å². The first-order valence-corrected chi connectivity index (χ1v) is 11.2. The molecule has 30 heavy (non-hydrogen) atoms. The number of nitrogens with zero attached hydrogens (tertiary/aromatic N) is 2.